The fourth-order valence-electron chi connectivity index (χ4n) is 2.76. The van der Waals surface area contributed by atoms with Crippen molar-refractivity contribution in [3.05, 3.63) is 40.9 Å². The number of aryl methyl sites for hydroxylation is 1. The van der Waals surface area contributed by atoms with Crippen molar-refractivity contribution in [2.45, 2.75) is 28.5 Å². The molecule has 0 radical (unpaired) electrons. The van der Waals surface area contributed by atoms with Gasteiger partial charge in [-0.2, -0.15) is 0 Å². The topological polar surface area (TPSA) is 34.1 Å². The summed E-state index contributed by atoms with van der Waals surface area (Å²) in [5.41, 5.74) is 2.80. The van der Waals surface area contributed by atoms with Crippen LogP contribution in [0.15, 0.2) is 34.1 Å². The molecule has 0 saturated heterocycles. The molecule has 1 N–H and O–H groups in total. The molecular weight excluding hydrogens is 288 g/mol. The van der Waals surface area contributed by atoms with Gasteiger partial charge in [-0.15, -0.1) is 11.3 Å². The van der Waals surface area contributed by atoms with Gasteiger partial charge in [-0.25, -0.2) is 4.98 Å². The summed E-state index contributed by atoms with van der Waals surface area (Å²) < 4.78 is 6.49. The van der Waals surface area contributed by atoms with E-state index in [9.17, 15) is 0 Å². The van der Waals surface area contributed by atoms with Crippen molar-refractivity contribution in [2.75, 3.05) is 14.2 Å². The van der Waals surface area contributed by atoms with Crippen LogP contribution in [0.4, 0.5) is 0 Å². The van der Waals surface area contributed by atoms with E-state index < -0.39 is 0 Å². The summed E-state index contributed by atoms with van der Waals surface area (Å²) in [6, 6.07) is 6.80. The molecule has 1 aromatic heterocycles. The van der Waals surface area contributed by atoms with Gasteiger partial charge in [-0.3, -0.25) is 0 Å². The first-order chi connectivity index (χ1) is 9.81. The number of aromatic nitrogens is 1. The molecule has 20 heavy (non-hydrogen) atoms. The number of thiazole rings is 1. The van der Waals surface area contributed by atoms with Crippen LogP contribution in [0.2, 0.25) is 0 Å². The highest BCUT2D eigenvalue weighted by molar-refractivity contribution is 8.01. The Morgan fingerprint density at radius 1 is 1.45 bits per heavy atom. The third-order valence-electron chi connectivity index (χ3n) is 3.73. The van der Waals surface area contributed by atoms with E-state index in [2.05, 4.69) is 28.5 Å². The summed E-state index contributed by atoms with van der Waals surface area (Å²) in [6.45, 7) is 0. The first-order valence-corrected chi connectivity index (χ1v) is 8.48. The average molecular weight is 306 g/mol. The van der Waals surface area contributed by atoms with Gasteiger partial charge in [-0.05, 0) is 43.1 Å². The molecule has 3 nitrogen and oxygen atoms in total. The molecule has 1 heterocycles. The van der Waals surface area contributed by atoms with Crippen molar-refractivity contribution >= 4 is 23.1 Å². The number of thioether (sulfide) groups is 1. The zero-order valence-electron chi connectivity index (χ0n) is 11.6. The number of fused-ring (bicyclic) bond motifs is 1. The molecule has 2 unspecified atom stereocenters. The zero-order valence-corrected chi connectivity index (χ0v) is 13.3. The van der Waals surface area contributed by atoms with Gasteiger partial charge in [0.05, 0.1) is 7.11 Å². The number of hydrogen-bond donors (Lipinski definition) is 1. The smallest absolute Gasteiger partial charge is 0.150 e. The second-order valence-electron chi connectivity index (χ2n) is 4.82. The van der Waals surface area contributed by atoms with Crippen molar-refractivity contribution in [1.29, 1.82) is 0 Å². The van der Waals surface area contributed by atoms with Crippen molar-refractivity contribution in [1.82, 2.24) is 10.3 Å². The molecule has 2 aromatic rings. The Morgan fingerprint density at radius 3 is 3.05 bits per heavy atom. The van der Waals surface area contributed by atoms with Crippen LogP contribution in [0.25, 0.3) is 0 Å². The maximum Gasteiger partial charge on any atom is 0.150 e. The summed E-state index contributed by atoms with van der Waals surface area (Å²) >= 11 is 3.61. The number of nitrogens with zero attached hydrogens (tertiary/aromatic N) is 1. The predicted octanol–water partition coefficient (Wildman–Crippen LogP) is 3.52. The highest BCUT2D eigenvalue weighted by atomic mass is 32.2. The lowest BCUT2D eigenvalue weighted by Gasteiger charge is -2.32. The van der Waals surface area contributed by atoms with Crippen molar-refractivity contribution in [2.24, 2.45) is 0 Å². The van der Waals surface area contributed by atoms with Crippen LogP contribution in [0, 0.1) is 0 Å². The minimum atomic E-state index is 0.374. The molecule has 1 aliphatic rings. The lowest BCUT2D eigenvalue weighted by atomic mass is 9.87. The molecule has 106 valence electrons. The van der Waals surface area contributed by atoms with Crippen LogP contribution in [0.1, 0.15) is 23.6 Å². The van der Waals surface area contributed by atoms with Gasteiger partial charge in [0.25, 0.3) is 0 Å². The van der Waals surface area contributed by atoms with Gasteiger partial charge in [0.1, 0.15) is 10.1 Å². The molecule has 0 saturated carbocycles. The van der Waals surface area contributed by atoms with Crippen LogP contribution in [-0.4, -0.2) is 24.4 Å². The highest BCUT2D eigenvalue weighted by Gasteiger charge is 2.30. The van der Waals surface area contributed by atoms with Gasteiger partial charge >= 0.3 is 0 Å². The fourth-order valence-corrected chi connectivity index (χ4v) is 4.91. The highest BCUT2D eigenvalue weighted by Crippen LogP contribution is 2.41. The van der Waals surface area contributed by atoms with Crippen LogP contribution in [0.3, 0.4) is 0 Å². The van der Waals surface area contributed by atoms with E-state index in [1.165, 1.54) is 11.1 Å². The summed E-state index contributed by atoms with van der Waals surface area (Å²) in [5, 5.41) is 6.05. The summed E-state index contributed by atoms with van der Waals surface area (Å²) in [7, 11) is 3.76. The van der Waals surface area contributed by atoms with Gasteiger partial charge in [0.2, 0.25) is 0 Å². The fraction of sp³-hybridized carbons (Fsp3) is 0.400. The van der Waals surface area contributed by atoms with E-state index in [-0.39, 0.29) is 0 Å². The molecule has 1 aliphatic carbocycles. The Bertz CT molecular complexity index is 571. The Balaban J connectivity index is 1.85. The summed E-state index contributed by atoms with van der Waals surface area (Å²) in [4.78, 5) is 4.40. The van der Waals surface area contributed by atoms with E-state index in [1.807, 2.05) is 30.4 Å². The first kappa shape index (κ1) is 13.9. The number of methoxy groups -OCH3 is 1. The van der Waals surface area contributed by atoms with Gasteiger partial charge < -0.3 is 10.1 Å². The predicted molar refractivity (Wildman–Crippen MR) is 84.9 cm³/mol. The SMILES string of the molecule is CNC1c2ccc(OC)cc2CCC1Sc1nccs1. The molecule has 5 heteroatoms. The second-order valence-corrected chi connectivity index (χ2v) is 7.20. The van der Waals surface area contributed by atoms with Crippen molar-refractivity contribution in [3.63, 3.8) is 0 Å². The summed E-state index contributed by atoms with van der Waals surface area (Å²) in [5.74, 6) is 0.949. The van der Waals surface area contributed by atoms with Crippen molar-refractivity contribution < 1.29 is 4.74 Å². The molecule has 0 aliphatic heterocycles. The largest absolute Gasteiger partial charge is 0.497 e. The molecule has 0 spiro atoms. The maximum atomic E-state index is 5.33. The van der Waals surface area contributed by atoms with Gasteiger partial charge in [0, 0.05) is 22.9 Å². The monoisotopic (exact) mass is 306 g/mol. The van der Waals surface area contributed by atoms with E-state index in [0.29, 0.717) is 11.3 Å². The first-order valence-electron chi connectivity index (χ1n) is 6.72. The molecular formula is C15H18N2OS2. The quantitative estimate of drug-likeness (QED) is 0.937. The molecule has 3 rings (SSSR count). The molecule has 0 bridgehead atoms. The maximum absolute atomic E-state index is 5.33. The molecule has 1 aromatic carbocycles. The molecule has 2 atom stereocenters. The van der Waals surface area contributed by atoms with Crippen LogP contribution >= 0.6 is 23.1 Å². The number of benzene rings is 1. The lowest BCUT2D eigenvalue weighted by Crippen LogP contribution is -2.32. The van der Waals surface area contributed by atoms with E-state index in [1.54, 1.807) is 18.4 Å². The number of rotatable bonds is 4. The summed E-state index contributed by atoms with van der Waals surface area (Å²) in [6.07, 6.45) is 4.15. The van der Waals surface area contributed by atoms with E-state index in [4.69, 9.17) is 4.74 Å². The number of nitrogens with one attached hydrogen (secondary N) is 1. The molecule has 0 amide bonds. The van der Waals surface area contributed by atoms with Crippen LogP contribution < -0.4 is 10.1 Å². The van der Waals surface area contributed by atoms with E-state index in [0.717, 1.165) is 22.9 Å². The minimum Gasteiger partial charge on any atom is -0.497 e. The number of ether oxygens (including phenoxy) is 1. The lowest BCUT2D eigenvalue weighted by molar-refractivity contribution is 0.412. The molecule has 0 fully saturated rings. The van der Waals surface area contributed by atoms with Crippen molar-refractivity contribution in [3.8, 4) is 5.75 Å². The van der Waals surface area contributed by atoms with Gasteiger partial charge in [0.15, 0.2) is 0 Å². The standard InChI is InChI=1S/C15H18N2OS2/c1-16-14-12-5-4-11(18-2)9-10(12)3-6-13(14)20-15-17-7-8-19-15/h4-5,7-9,13-14,16H,3,6H2,1-2H3. The third-order valence-corrected chi connectivity index (χ3v) is 5.99. The third kappa shape index (κ3) is 2.71. The number of hydrogen-bond acceptors (Lipinski definition) is 5. The zero-order chi connectivity index (χ0) is 13.9. The van der Waals surface area contributed by atoms with E-state index >= 15 is 0 Å². The average Bonchev–Trinajstić information content (AvgIpc) is 2.99. The Kier molecular flexibility index (Phi) is 4.29. The van der Waals surface area contributed by atoms with Crippen LogP contribution in [-0.2, 0) is 6.42 Å². The van der Waals surface area contributed by atoms with Crippen LogP contribution in [0.5, 0.6) is 5.75 Å². The second kappa shape index (κ2) is 6.16. The van der Waals surface area contributed by atoms with Gasteiger partial charge in [-0.1, -0.05) is 17.8 Å². The Labute approximate surface area is 127 Å². The Hall–Kier alpha value is -1.04. The Morgan fingerprint density at radius 2 is 2.35 bits per heavy atom. The normalized spacial score (nSPS) is 21.5. The minimum absolute atomic E-state index is 0.374.